The molecule has 0 unspecified atom stereocenters. The number of rotatable bonds is 3. The zero-order chi connectivity index (χ0) is 20.9. The lowest BCUT2D eigenvalue weighted by Gasteiger charge is -2.46. The molecule has 2 aliphatic carbocycles. The maximum absolute atomic E-state index is 12.8. The van der Waals surface area contributed by atoms with E-state index in [1.165, 1.54) is 24.9 Å². The number of allylic oxidation sites excluding steroid dienone is 2. The average molecular weight is 429 g/mol. The van der Waals surface area contributed by atoms with Crippen LogP contribution in [0, 0.1) is 17.3 Å². The molecule has 1 saturated carbocycles. The fourth-order valence-corrected chi connectivity index (χ4v) is 6.57. The molecule has 5 rings (SSSR count). The minimum Gasteiger partial charge on any atom is -0.462 e. The summed E-state index contributed by atoms with van der Waals surface area (Å²) in [5.41, 5.74) is 4.71. The molecule has 2 heterocycles. The third-order valence-electron chi connectivity index (χ3n) is 8.20. The van der Waals surface area contributed by atoms with Crippen LogP contribution in [0.1, 0.15) is 46.0 Å². The second kappa shape index (κ2) is 7.87. The van der Waals surface area contributed by atoms with Crippen molar-refractivity contribution in [3.63, 3.8) is 0 Å². The number of nitrogens with zero attached hydrogens (tertiary/aromatic N) is 2. The van der Waals surface area contributed by atoms with Crippen LogP contribution in [0.2, 0.25) is 5.02 Å². The van der Waals surface area contributed by atoms with Crippen LogP contribution in [0.15, 0.2) is 35.4 Å². The van der Waals surface area contributed by atoms with E-state index in [0.29, 0.717) is 5.92 Å². The smallest absolute Gasteiger partial charge is 0.310 e. The number of carbonyl (C=O) groups excluding carboxylic acids is 1. The Labute approximate surface area is 185 Å². The van der Waals surface area contributed by atoms with Gasteiger partial charge in [0.15, 0.2) is 0 Å². The fourth-order valence-electron chi connectivity index (χ4n) is 6.44. The van der Waals surface area contributed by atoms with E-state index in [4.69, 9.17) is 16.3 Å². The summed E-state index contributed by atoms with van der Waals surface area (Å²) >= 11 is 6.02. The number of carbonyl (C=O) groups is 1. The van der Waals surface area contributed by atoms with Gasteiger partial charge in [0.1, 0.15) is 6.10 Å². The Balaban J connectivity index is 1.24. The van der Waals surface area contributed by atoms with E-state index in [1.807, 2.05) is 12.1 Å². The Morgan fingerprint density at radius 3 is 2.63 bits per heavy atom. The molecule has 162 valence electrons. The first-order valence-corrected chi connectivity index (χ1v) is 11.9. The Morgan fingerprint density at radius 1 is 1.17 bits per heavy atom. The van der Waals surface area contributed by atoms with E-state index in [-0.39, 0.29) is 23.4 Å². The van der Waals surface area contributed by atoms with Crippen LogP contribution in [-0.2, 0) is 9.53 Å². The van der Waals surface area contributed by atoms with Gasteiger partial charge in [-0.1, -0.05) is 29.7 Å². The molecular formula is C25H33ClN2O2. The molecule has 2 aliphatic heterocycles. The van der Waals surface area contributed by atoms with Gasteiger partial charge in [0, 0.05) is 49.4 Å². The lowest BCUT2D eigenvalue weighted by atomic mass is 9.59. The van der Waals surface area contributed by atoms with Crippen LogP contribution in [0.4, 0.5) is 5.69 Å². The predicted octanol–water partition coefficient (Wildman–Crippen LogP) is 4.92. The SMILES string of the molecule is CC1=C2C[C@@H]3[C@H](CN4CCN(c5ccc(Cl)cc5)CC4)C(=O)O[C@@H]3C[C@@]2(C)CCC1. The maximum atomic E-state index is 12.8. The van der Waals surface area contributed by atoms with Crippen molar-refractivity contribution in [2.75, 3.05) is 37.6 Å². The molecule has 0 radical (unpaired) electrons. The zero-order valence-corrected chi connectivity index (χ0v) is 19.0. The quantitative estimate of drug-likeness (QED) is 0.505. The van der Waals surface area contributed by atoms with Crippen molar-refractivity contribution in [1.82, 2.24) is 4.90 Å². The molecule has 0 bridgehead atoms. The van der Waals surface area contributed by atoms with Crippen molar-refractivity contribution >= 4 is 23.3 Å². The molecule has 5 heteroatoms. The molecule has 0 aromatic heterocycles. The summed E-state index contributed by atoms with van der Waals surface area (Å²) in [6, 6.07) is 8.10. The van der Waals surface area contributed by atoms with Gasteiger partial charge in [-0.15, -0.1) is 0 Å². The molecule has 4 aliphatic rings. The van der Waals surface area contributed by atoms with Gasteiger partial charge in [-0.3, -0.25) is 9.69 Å². The molecule has 0 spiro atoms. The molecule has 30 heavy (non-hydrogen) atoms. The Morgan fingerprint density at radius 2 is 1.90 bits per heavy atom. The number of esters is 1. The van der Waals surface area contributed by atoms with Crippen LogP contribution in [0.3, 0.4) is 0 Å². The molecule has 0 N–H and O–H groups in total. The van der Waals surface area contributed by atoms with E-state index in [1.54, 1.807) is 11.1 Å². The van der Waals surface area contributed by atoms with Gasteiger partial charge < -0.3 is 9.64 Å². The number of hydrogen-bond acceptors (Lipinski definition) is 4. The normalized spacial score (nSPS) is 34.6. The van der Waals surface area contributed by atoms with Crippen molar-refractivity contribution in [3.8, 4) is 0 Å². The third kappa shape index (κ3) is 3.67. The van der Waals surface area contributed by atoms with Crippen molar-refractivity contribution in [2.24, 2.45) is 17.3 Å². The molecule has 4 nitrogen and oxygen atoms in total. The number of halogens is 1. The van der Waals surface area contributed by atoms with Gasteiger partial charge in [0.2, 0.25) is 0 Å². The topological polar surface area (TPSA) is 32.8 Å². The third-order valence-corrected chi connectivity index (χ3v) is 8.45. The summed E-state index contributed by atoms with van der Waals surface area (Å²) in [4.78, 5) is 17.7. The lowest BCUT2D eigenvalue weighted by molar-refractivity contribution is -0.145. The van der Waals surface area contributed by atoms with Crippen molar-refractivity contribution in [2.45, 2.75) is 52.1 Å². The van der Waals surface area contributed by atoms with Crippen LogP contribution < -0.4 is 4.90 Å². The van der Waals surface area contributed by atoms with E-state index in [9.17, 15) is 4.79 Å². The monoisotopic (exact) mass is 428 g/mol. The van der Waals surface area contributed by atoms with E-state index >= 15 is 0 Å². The first-order chi connectivity index (χ1) is 14.4. The highest BCUT2D eigenvalue weighted by Gasteiger charge is 2.53. The lowest BCUT2D eigenvalue weighted by Crippen LogP contribution is -2.49. The minimum absolute atomic E-state index is 0.0314. The van der Waals surface area contributed by atoms with Crippen molar-refractivity contribution in [3.05, 3.63) is 40.4 Å². The standard InChI is InChI=1S/C25H33ClN2O2/c1-17-4-3-9-25(2)15-23-20(14-22(17)25)21(24(29)30-23)16-27-10-12-28(13-11-27)19-7-5-18(26)6-8-19/h5-8,20-21,23H,3-4,9-16H2,1-2H3/t20-,21+,23-,25-/m1/s1. The van der Waals surface area contributed by atoms with E-state index < -0.39 is 0 Å². The Kier molecular flexibility index (Phi) is 5.35. The second-order valence-corrected chi connectivity index (χ2v) is 10.5. The average Bonchev–Trinajstić information content (AvgIpc) is 3.01. The molecule has 3 fully saturated rings. The summed E-state index contributed by atoms with van der Waals surface area (Å²) in [6.07, 6.45) is 5.97. The van der Waals surface area contributed by atoms with Crippen molar-refractivity contribution in [1.29, 1.82) is 0 Å². The van der Waals surface area contributed by atoms with Gasteiger partial charge in [-0.05, 0) is 68.7 Å². The fraction of sp³-hybridized carbons (Fsp3) is 0.640. The maximum Gasteiger partial charge on any atom is 0.310 e. The van der Waals surface area contributed by atoms with Gasteiger partial charge in [-0.2, -0.15) is 0 Å². The summed E-state index contributed by atoms with van der Waals surface area (Å²) in [5, 5.41) is 0.776. The summed E-state index contributed by atoms with van der Waals surface area (Å²) in [5.74, 6) is 0.442. The van der Waals surface area contributed by atoms with Crippen LogP contribution in [0.5, 0.6) is 0 Å². The molecule has 2 saturated heterocycles. The highest BCUT2D eigenvalue weighted by Crippen LogP contribution is 2.55. The number of hydrogen-bond donors (Lipinski definition) is 0. The van der Waals surface area contributed by atoms with Gasteiger partial charge in [0.05, 0.1) is 5.92 Å². The highest BCUT2D eigenvalue weighted by atomic mass is 35.5. The minimum atomic E-state index is 0.0314. The Bertz CT molecular complexity index is 843. The number of anilines is 1. The summed E-state index contributed by atoms with van der Waals surface area (Å²) in [7, 11) is 0. The summed E-state index contributed by atoms with van der Waals surface area (Å²) < 4.78 is 5.96. The molecule has 1 aromatic carbocycles. The van der Waals surface area contributed by atoms with Crippen LogP contribution >= 0.6 is 11.6 Å². The van der Waals surface area contributed by atoms with E-state index in [0.717, 1.165) is 50.6 Å². The molecule has 1 aromatic rings. The molecular weight excluding hydrogens is 396 g/mol. The van der Waals surface area contributed by atoms with Gasteiger partial charge >= 0.3 is 5.97 Å². The van der Waals surface area contributed by atoms with Gasteiger partial charge in [-0.25, -0.2) is 0 Å². The van der Waals surface area contributed by atoms with Gasteiger partial charge in [0.25, 0.3) is 0 Å². The highest BCUT2D eigenvalue weighted by molar-refractivity contribution is 6.30. The largest absolute Gasteiger partial charge is 0.462 e. The first kappa shape index (κ1) is 20.4. The second-order valence-electron chi connectivity index (χ2n) is 10.1. The molecule has 4 atom stereocenters. The number of benzene rings is 1. The zero-order valence-electron chi connectivity index (χ0n) is 18.2. The molecule has 0 amide bonds. The summed E-state index contributed by atoms with van der Waals surface area (Å²) in [6.45, 7) is 9.51. The van der Waals surface area contributed by atoms with E-state index in [2.05, 4.69) is 35.8 Å². The number of piperazine rings is 1. The number of ether oxygens (including phenoxy) is 1. The van der Waals surface area contributed by atoms with Crippen LogP contribution in [0.25, 0.3) is 0 Å². The first-order valence-electron chi connectivity index (χ1n) is 11.6. The van der Waals surface area contributed by atoms with Crippen LogP contribution in [-0.4, -0.2) is 49.7 Å². The predicted molar refractivity (Wildman–Crippen MR) is 121 cm³/mol. The Hall–Kier alpha value is -1.52. The van der Waals surface area contributed by atoms with Crippen molar-refractivity contribution < 1.29 is 9.53 Å². The number of fused-ring (bicyclic) bond motifs is 2.